The van der Waals surface area contributed by atoms with E-state index in [0.717, 1.165) is 17.7 Å². The average Bonchev–Trinajstić information content (AvgIpc) is 2.74. The van der Waals surface area contributed by atoms with Gasteiger partial charge in [-0.05, 0) is 5.56 Å². The van der Waals surface area contributed by atoms with Crippen molar-refractivity contribution in [1.29, 1.82) is 0 Å². The molecule has 0 amide bonds. The summed E-state index contributed by atoms with van der Waals surface area (Å²) in [5, 5.41) is 4.92. The molecule has 0 saturated heterocycles. The number of hydrogen-bond donors (Lipinski definition) is 1. The Bertz CT molecular complexity index is 1010. The third-order valence-corrected chi connectivity index (χ3v) is 4.14. The first-order valence-corrected chi connectivity index (χ1v) is 7.80. The van der Waals surface area contributed by atoms with Crippen molar-refractivity contribution in [3.05, 3.63) is 64.4 Å². The summed E-state index contributed by atoms with van der Waals surface area (Å²) in [5.74, 6) is -1.73. The number of hydrogen-bond acceptors (Lipinski definition) is 4. The molecule has 3 aromatic rings. The summed E-state index contributed by atoms with van der Waals surface area (Å²) < 4.78 is 42.7. The summed E-state index contributed by atoms with van der Waals surface area (Å²) in [6, 6.07) is 10.9. The quantitative estimate of drug-likeness (QED) is 0.789. The van der Waals surface area contributed by atoms with E-state index in [4.69, 9.17) is 9.56 Å². The second kappa shape index (κ2) is 5.08. The maximum atomic E-state index is 13.9. The number of benzene rings is 2. The second-order valence-electron chi connectivity index (χ2n) is 4.74. The first kappa shape index (κ1) is 14.5. The predicted molar refractivity (Wildman–Crippen MR) is 77.3 cm³/mol. The number of halogens is 1. The first-order chi connectivity index (χ1) is 10.4. The monoisotopic (exact) mass is 322 g/mol. The predicted octanol–water partition coefficient (Wildman–Crippen LogP) is 1.43. The Labute approximate surface area is 124 Å². The summed E-state index contributed by atoms with van der Waals surface area (Å²) in [4.78, 5) is 11.2. The Hall–Kier alpha value is -2.45. The molecule has 0 unspecified atom stereocenters. The maximum Gasteiger partial charge on any atom is 0.420 e. The molecule has 0 atom stereocenters. The fourth-order valence-corrected chi connectivity index (χ4v) is 2.80. The van der Waals surface area contributed by atoms with Crippen molar-refractivity contribution < 1.29 is 17.2 Å². The minimum Gasteiger partial charge on any atom is -0.408 e. The van der Waals surface area contributed by atoms with Crippen LogP contribution in [0.4, 0.5) is 4.39 Å². The van der Waals surface area contributed by atoms with Gasteiger partial charge in [0.05, 0.1) is 12.1 Å². The Morgan fingerprint density at radius 2 is 1.86 bits per heavy atom. The SMILES string of the molecule is NS(=O)(=O)c1cc2oc(=O)n(Cc3ccccc3)c2cc1F. The highest BCUT2D eigenvalue weighted by Crippen LogP contribution is 2.22. The van der Waals surface area contributed by atoms with Gasteiger partial charge in [0.15, 0.2) is 5.58 Å². The van der Waals surface area contributed by atoms with Crippen molar-refractivity contribution in [1.82, 2.24) is 4.57 Å². The molecule has 1 aromatic heterocycles. The van der Waals surface area contributed by atoms with Crippen LogP contribution in [0.25, 0.3) is 11.1 Å². The molecule has 0 saturated carbocycles. The maximum absolute atomic E-state index is 13.9. The number of oxazole rings is 1. The third-order valence-electron chi connectivity index (χ3n) is 3.21. The van der Waals surface area contributed by atoms with Gasteiger partial charge in [-0.1, -0.05) is 30.3 Å². The summed E-state index contributed by atoms with van der Waals surface area (Å²) in [6.07, 6.45) is 0. The normalized spacial score (nSPS) is 11.9. The molecule has 0 radical (unpaired) electrons. The lowest BCUT2D eigenvalue weighted by Crippen LogP contribution is -2.15. The highest BCUT2D eigenvalue weighted by atomic mass is 32.2. The molecule has 0 bridgehead atoms. The Balaban J connectivity index is 2.19. The van der Waals surface area contributed by atoms with Crippen molar-refractivity contribution in [3.8, 4) is 0 Å². The van der Waals surface area contributed by atoms with Crippen molar-refractivity contribution in [3.63, 3.8) is 0 Å². The standard InChI is InChI=1S/C14H11FN2O4S/c15-10-6-11-12(7-13(10)22(16,19)20)21-14(18)17(11)8-9-4-2-1-3-5-9/h1-7H,8H2,(H2,16,19,20). The largest absolute Gasteiger partial charge is 0.420 e. The van der Waals surface area contributed by atoms with E-state index in [1.165, 1.54) is 4.57 Å². The molecule has 1 heterocycles. The molecule has 0 aliphatic heterocycles. The zero-order valence-corrected chi connectivity index (χ0v) is 12.0. The zero-order valence-electron chi connectivity index (χ0n) is 11.2. The van der Waals surface area contributed by atoms with Crippen LogP contribution in [0.1, 0.15) is 5.56 Å². The lowest BCUT2D eigenvalue weighted by molar-refractivity contribution is 0.516. The molecule has 3 rings (SSSR count). The molecular weight excluding hydrogens is 311 g/mol. The van der Waals surface area contributed by atoms with E-state index < -0.39 is 26.5 Å². The van der Waals surface area contributed by atoms with Crippen molar-refractivity contribution >= 4 is 21.1 Å². The lowest BCUT2D eigenvalue weighted by atomic mass is 10.2. The van der Waals surface area contributed by atoms with E-state index >= 15 is 0 Å². The van der Waals surface area contributed by atoms with Gasteiger partial charge in [-0.25, -0.2) is 22.7 Å². The van der Waals surface area contributed by atoms with Crippen LogP contribution in [0.15, 0.2) is 56.6 Å². The molecule has 22 heavy (non-hydrogen) atoms. The van der Waals surface area contributed by atoms with E-state index in [9.17, 15) is 17.6 Å². The topological polar surface area (TPSA) is 95.3 Å². The van der Waals surface area contributed by atoms with Crippen LogP contribution in [0, 0.1) is 5.82 Å². The van der Waals surface area contributed by atoms with Crippen molar-refractivity contribution in [2.45, 2.75) is 11.4 Å². The zero-order chi connectivity index (χ0) is 15.9. The average molecular weight is 322 g/mol. The molecule has 0 aliphatic rings. The van der Waals surface area contributed by atoms with Crippen LogP contribution < -0.4 is 10.9 Å². The number of rotatable bonds is 3. The highest BCUT2D eigenvalue weighted by Gasteiger charge is 2.19. The van der Waals surface area contributed by atoms with Gasteiger partial charge < -0.3 is 4.42 Å². The van der Waals surface area contributed by atoms with Crippen LogP contribution >= 0.6 is 0 Å². The van der Waals surface area contributed by atoms with Gasteiger partial charge in [0.1, 0.15) is 10.7 Å². The fourth-order valence-electron chi connectivity index (χ4n) is 2.20. The molecule has 0 spiro atoms. The van der Waals surface area contributed by atoms with Crippen LogP contribution in [0.3, 0.4) is 0 Å². The van der Waals surface area contributed by atoms with E-state index in [1.54, 1.807) is 12.1 Å². The smallest absolute Gasteiger partial charge is 0.408 e. The van der Waals surface area contributed by atoms with Crippen LogP contribution in [-0.2, 0) is 16.6 Å². The Morgan fingerprint density at radius 3 is 2.50 bits per heavy atom. The first-order valence-electron chi connectivity index (χ1n) is 6.26. The minimum atomic E-state index is -4.23. The number of fused-ring (bicyclic) bond motifs is 1. The second-order valence-corrected chi connectivity index (χ2v) is 6.26. The van der Waals surface area contributed by atoms with Gasteiger partial charge in [0.25, 0.3) is 0 Å². The van der Waals surface area contributed by atoms with Gasteiger partial charge in [-0.3, -0.25) is 4.57 Å². The van der Waals surface area contributed by atoms with Crippen molar-refractivity contribution in [2.75, 3.05) is 0 Å². The molecule has 0 fully saturated rings. The van der Waals surface area contributed by atoms with E-state index in [1.807, 2.05) is 18.2 Å². The van der Waals surface area contributed by atoms with Crippen LogP contribution in [-0.4, -0.2) is 13.0 Å². The number of sulfonamides is 1. The number of aromatic nitrogens is 1. The van der Waals surface area contributed by atoms with Gasteiger partial charge >= 0.3 is 5.76 Å². The minimum absolute atomic E-state index is 0.0358. The molecule has 114 valence electrons. The van der Waals surface area contributed by atoms with Crippen LogP contribution in [0.2, 0.25) is 0 Å². The fraction of sp³-hybridized carbons (Fsp3) is 0.0714. The molecule has 2 aromatic carbocycles. The molecular formula is C14H11FN2O4S. The highest BCUT2D eigenvalue weighted by molar-refractivity contribution is 7.89. The summed E-state index contributed by atoms with van der Waals surface area (Å²) in [7, 11) is -4.23. The van der Waals surface area contributed by atoms with Crippen molar-refractivity contribution in [2.24, 2.45) is 5.14 Å². The number of nitrogens with zero attached hydrogens (tertiary/aromatic N) is 1. The van der Waals surface area contributed by atoms with Gasteiger partial charge in [0, 0.05) is 12.1 Å². The Kier molecular flexibility index (Phi) is 3.34. The van der Waals surface area contributed by atoms with E-state index in [2.05, 4.69) is 0 Å². The summed E-state index contributed by atoms with van der Waals surface area (Å²) >= 11 is 0. The number of nitrogens with two attached hydrogens (primary N) is 1. The summed E-state index contributed by atoms with van der Waals surface area (Å²) in [6.45, 7) is 0.181. The van der Waals surface area contributed by atoms with E-state index in [-0.39, 0.29) is 17.6 Å². The van der Waals surface area contributed by atoms with Gasteiger partial charge in [-0.2, -0.15) is 0 Å². The third kappa shape index (κ3) is 2.53. The van der Waals surface area contributed by atoms with Gasteiger partial charge in [-0.15, -0.1) is 0 Å². The lowest BCUT2D eigenvalue weighted by Gasteiger charge is -2.04. The molecule has 8 heteroatoms. The molecule has 6 nitrogen and oxygen atoms in total. The van der Waals surface area contributed by atoms with Crippen LogP contribution in [0.5, 0.6) is 0 Å². The summed E-state index contributed by atoms with van der Waals surface area (Å²) in [5.41, 5.74) is 0.952. The Morgan fingerprint density at radius 1 is 1.18 bits per heavy atom. The number of primary sulfonamides is 1. The van der Waals surface area contributed by atoms with E-state index in [0.29, 0.717) is 0 Å². The van der Waals surface area contributed by atoms with Gasteiger partial charge in [0.2, 0.25) is 10.0 Å². The molecule has 0 aliphatic carbocycles. The molecule has 2 N–H and O–H groups in total.